The number of nitrogens with one attached hydrogen (secondary N) is 1. The molecule has 218 valence electrons. The number of rotatable bonds is 11. The predicted octanol–water partition coefficient (Wildman–Crippen LogP) is 2.72. The molecule has 0 radical (unpaired) electrons. The fourth-order valence-electron chi connectivity index (χ4n) is 5.42. The fraction of sp³-hybridized carbons (Fsp3) is 0.536. The minimum atomic E-state index is -4.25. The van der Waals surface area contributed by atoms with Crippen molar-refractivity contribution in [1.29, 1.82) is 0 Å². The standard InChI is InChI=1S/C28H36N2O9S/c31-20-9-6-12-22(16-20)40(34,35)30(39-21-10-4-5-11-21)17-25(32)24(15-19-7-2-1-3-8-19)29-28(33)38-26-18-37-27-23(26)13-14-36-27/h1-3,6-9,12,16,21,23-27,31-32H,4-5,10-11,13-15,17-18H2,(H,29,33)/t23-,24-,25+,26?,27+/m0/s1. The molecule has 11 nitrogen and oxygen atoms in total. The number of hydroxylamine groups is 1. The van der Waals surface area contributed by atoms with Crippen LogP contribution in [0.25, 0.3) is 0 Å². The Labute approximate surface area is 234 Å². The van der Waals surface area contributed by atoms with E-state index in [1.165, 1.54) is 18.2 Å². The number of fused-ring (bicyclic) bond motifs is 1. The van der Waals surface area contributed by atoms with E-state index < -0.39 is 40.9 Å². The maximum atomic E-state index is 13.6. The number of hydrogen-bond acceptors (Lipinski definition) is 9. The lowest BCUT2D eigenvalue weighted by Gasteiger charge is -2.31. The molecule has 0 aromatic heterocycles. The SMILES string of the molecule is O=C(N[C@@H](Cc1ccccc1)[C@H](O)CN(OC1CCCC1)S(=O)(=O)c1cccc(O)c1)OC1CO[C@H]2OCC[C@@H]12. The average molecular weight is 577 g/mol. The molecule has 2 heterocycles. The summed E-state index contributed by atoms with van der Waals surface area (Å²) in [5.74, 6) is -0.259. The van der Waals surface area contributed by atoms with Crippen LogP contribution in [-0.4, -0.2) is 79.6 Å². The first-order chi connectivity index (χ1) is 19.3. The second-order valence-corrected chi connectivity index (χ2v) is 12.3. The van der Waals surface area contributed by atoms with Crippen LogP contribution in [0.1, 0.15) is 37.7 Å². The van der Waals surface area contributed by atoms with Crippen molar-refractivity contribution >= 4 is 16.1 Å². The Balaban J connectivity index is 1.34. The van der Waals surface area contributed by atoms with Crippen molar-refractivity contribution < 1.29 is 42.5 Å². The van der Waals surface area contributed by atoms with Gasteiger partial charge in [-0.3, -0.25) is 4.84 Å². The molecule has 1 unspecified atom stereocenters. The third-order valence-corrected chi connectivity index (χ3v) is 9.22. The Hall–Kier alpha value is -2.74. The van der Waals surface area contributed by atoms with Crippen molar-refractivity contribution in [2.45, 2.75) is 74.1 Å². The number of nitrogens with zero attached hydrogens (tertiary/aromatic N) is 1. The highest BCUT2D eigenvalue weighted by Crippen LogP contribution is 2.33. The molecule has 2 aromatic rings. The summed E-state index contributed by atoms with van der Waals surface area (Å²) in [6.45, 7) is 0.313. The first-order valence-electron chi connectivity index (χ1n) is 13.7. The molecule has 2 aliphatic heterocycles. The zero-order valence-corrected chi connectivity index (χ0v) is 22.9. The highest BCUT2D eigenvalue weighted by atomic mass is 32.2. The highest BCUT2D eigenvalue weighted by molar-refractivity contribution is 7.89. The summed E-state index contributed by atoms with van der Waals surface area (Å²) in [5, 5.41) is 24.0. The molecule has 12 heteroatoms. The van der Waals surface area contributed by atoms with E-state index in [2.05, 4.69) is 5.32 Å². The number of phenols is 1. The number of benzene rings is 2. The molecule has 0 spiro atoms. The number of aliphatic hydroxyl groups excluding tert-OH is 1. The summed E-state index contributed by atoms with van der Waals surface area (Å²) in [5.41, 5.74) is 0.833. The van der Waals surface area contributed by atoms with Crippen LogP contribution in [0.5, 0.6) is 5.75 Å². The number of amides is 1. The second-order valence-electron chi connectivity index (χ2n) is 10.5. The topological polar surface area (TPSA) is 144 Å². The number of carbonyl (C=O) groups is 1. The van der Waals surface area contributed by atoms with Crippen LogP contribution >= 0.6 is 0 Å². The zero-order valence-electron chi connectivity index (χ0n) is 22.1. The average Bonchev–Trinajstić information content (AvgIpc) is 3.69. The fourth-order valence-corrected chi connectivity index (χ4v) is 6.76. The molecule has 5 rings (SSSR count). The number of hydrogen-bond donors (Lipinski definition) is 3. The van der Waals surface area contributed by atoms with E-state index in [-0.39, 0.29) is 42.0 Å². The molecular weight excluding hydrogens is 540 g/mol. The molecule has 5 atom stereocenters. The van der Waals surface area contributed by atoms with Gasteiger partial charge in [0.15, 0.2) is 6.29 Å². The molecule has 0 bridgehead atoms. The van der Waals surface area contributed by atoms with Gasteiger partial charge in [0.1, 0.15) is 11.9 Å². The Morgan fingerprint density at radius 1 is 1.07 bits per heavy atom. The van der Waals surface area contributed by atoms with Gasteiger partial charge in [0.05, 0.1) is 48.8 Å². The van der Waals surface area contributed by atoms with Gasteiger partial charge in [-0.2, -0.15) is 0 Å². The molecule has 3 N–H and O–H groups in total. The van der Waals surface area contributed by atoms with Crippen molar-refractivity contribution in [3.8, 4) is 5.75 Å². The molecule has 2 aromatic carbocycles. The van der Waals surface area contributed by atoms with Crippen LogP contribution in [-0.2, 0) is 35.5 Å². The van der Waals surface area contributed by atoms with Crippen molar-refractivity contribution in [1.82, 2.24) is 9.79 Å². The normalized spacial score (nSPS) is 24.6. The van der Waals surface area contributed by atoms with E-state index in [1.807, 2.05) is 30.3 Å². The lowest BCUT2D eigenvalue weighted by atomic mass is 10.0. The molecule has 40 heavy (non-hydrogen) atoms. The monoisotopic (exact) mass is 576 g/mol. The van der Waals surface area contributed by atoms with Gasteiger partial charge in [0.2, 0.25) is 0 Å². The molecule has 3 aliphatic rings. The number of aromatic hydroxyl groups is 1. The third-order valence-electron chi connectivity index (χ3n) is 7.60. The Bertz CT molecular complexity index is 1240. The van der Waals surface area contributed by atoms with E-state index in [1.54, 1.807) is 0 Å². The van der Waals surface area contributed by atoms with E-state index in [9.17, 15) is 23.4 Å². The third kappa shape index (κ3) is 6.93. The minimum Gasteiger partial charge on any atom is -0.508 e. The quantitative estimate of drug-likeness (QED) is 0.344. The number of ether oxygens (including phenoxy) is 3. The van der Waals surface area contributed by atoms with Gasteiger partial charge in [-0.25, -0.2) is 13.2 Å². The Kier molecular flexibility index (Phi) is 9.24. The molecule has 2 saturated heterocycles. The van der Waals surface area contributed by atoms with Gasteiger partial charge in [-0.1, -0.05) is 53.7 Å². The van der Waals surface area contributed by atoms with Gasteiger partial charge in [0, 0.05) is 0 Å². The molecule has 1 saturated carbocycles. The van der Waals surface area contributed by atoms with Crippen molar-refractivity contribution in [3.05, 3.63) is 60.2 Å². The summed E-state index contributed by atoms with van der Waals surface area (Å²) in [6.07, 6.45) is 0.866. The first kappa shape index (κ1) is 28.8. The highest BCUT2D eigenvalue weighted by Gasteiger charge is 2.44. The minimum absolute atomic E-state index is 0.0500. The van der Waals surface area contributed by atoms with E-state index in [0.29, 0.717) is 19.4 Å². The van der Waals surface area contributed by atoms with Crippen LogP contribution in [0.4, 0.5) is 4.79 Å². The van der Waals surface area contributed by atoms with E-state index in [0.717, 1.165) is 35.4 Å². The predicted molar refractivity (Wildman–Crippen MR) is 142 cm³/mol. The lowest BCUT2D eigenvalue weighted by Crippen LogP contribution is -2.51. The molecular formula is C28H36N2O9S. The van der Waals surface area contributed by atoms with Crippen LogP contribution < -0.4 is 5.32 Å². The van der Waals surface area contributed by atoms with Gasteiger partial charge >= 0.3 is 6.09 Å². The van der Waals surface area contributed by atoms with E-state index in [4.69, 9.17) is 19.0 Å². The number of carbonyl (C=O) groups excluding carboxylic acids is 1. The van der Waals surface area contributed by atoms with Crippen LogP contribution in [0.3, 0.4) is 0 Å². The second kappa shape index (κ2) is 12.8. The zero-order chi connectivity index (χ0) is 28.1. The Morgan fingerprint density at radius 3 is 2.60 bits per heavy atom. The number of alkyl carbamates (subject to hydrolysis) is 1. The van der Waals surface area contributed by atoms with Crippen LogP contribution in [0.15, 0.2) is 59.5 Å². The number of phenolic OH excluding ortho intramolecular Hbond substituents is 1. The maximum Gasteiger partial charge on any atom is 0.407 e. The van der Waals surface area contributed by atoms with E-state index >= 15 is 0 Å². The summed E-state index contributed by atoms with van der Waals surface area (Å²) in [4.78, 5) is 18.7. The van der Waals surface area contributed by atoms with Gasteiger partial charge < -0.3 is 29.7 Å². The summed E-state index contributed by atoms with van der Waals surface area (Å²) in [7, 11) is -4.25. The number of aliphatic hydroxyl groups is 1. The largest absolute Gasteiger partial charge is 0.508 e. The summed E-state index contributed by atoms with van der Waals surface area (Å²) >= 11 is 0. The van der Waals surface area contributed by atoms with Crippen LogP contribution in [0.2, 0.25) is 0 Å². The van der Waals surface area contributed by atoms with Gasteiger partial charge in [0.25, 0.3) is 10.0 Å². The van der Waals surface area contributed by atoms with Gasteiger partial charge in [-0.05, 0) is 49.4 Å². The summed E-state index contributed by atoms with van der Waals surface area (Å²) in [6, 6.07) is 13.6. The molecule has 1 amide bonds. The van der Waals surface area contributed by atoms with Crippen molar-refractivity contribution in [3.63, 3.8) is 0 Å². The maximum absolute atomic E-state index is 13.6. The van der Waals surface area contributed by atoms with Crippen molar-refractivity contribution in [2.75, 3.05) is 19.8 Å². The lowest BCUT2D eigenvalue weighted by molar-refractivity contribution is -0.145. The summed E-state index contributed by atoms with van der Waals surface area (Å²) < 4.78 is 44.7. The molecule has 1 aliphatic carbocycles. The smallest absolute Gasteiger partial charge is 0.407 e. The Morgan fingerprint density at radius 2 is 1.85 bits per heavy atom. The van der Waals surface area contributed by atoms with Crippen LogP contribution in [0, 0.1) is 5.92 Å². The number of sulfonamides is 1. The van der Waals surface area contributed by atoms with Gasteiger partial charge in [-0.15, -0.1) is 0 Å². The van der Waals surface area contributed by atoms with Crippen molar-refractivity contribution in [2.24, 2.45) is 5.92 Å². The first-order valence-corrected chi connectivity index (χ1v) is 15.1. The molecule has 3 fully saturated rings.